The monoisotopic (exact) mass is 434 g/mol. The Morgan fingerprint density at radius 2 is 1.63 bits per heavy atom. The maximum atomic E-state index is 11.8. The van der Waals surface area contributed by atoms with Crippen LogP contribution in [0.3, 0.4) is 0 Å². The van der Waals surface area contributed by atoms with Crippen molar-refractivity contribution in [1.29, 1.82) is 0 Å². The number of aldehydes is 1. The topological polar surface area (TPSA) is 63.2 Å². The first-order chi connectivity index (χ1) is 14.2. The van der Waals surface area contributed by atoms with Crippen LogP contribution in [0.5, 0.6) is 0 Å². The van der Waals surface area contributed by atoms with Crippen LogP contribution in [0.15, 0.2) is 30.3 Å². The molecule has 0 bridgehead atoms. The summed E-state index contributed by atoms with van der Waals surface area (Å²) in [5.74, 6) is 0. The minimum absolute atomic E-state index is 0.0628. The number of hydrogen-bond acceptors (Lipinski definition) is 6. The van der Waals surface area contributed by atoms with E-state index in [0.717, 1.165) is 11.8 Å². The highest BCUT2D eigenvalue weighted by Gasteiger charge is 2.50. The van der Waals surface area contributed by atoms with E-state index in [9.17, 15) is 4.79 Å². The maximum absolute atomic E-state index is 11.8. The fourth-order valence-electron chi connectivity index (χ4n) is 4.18. The molecule has 0 amide bonds. The van der Waals surface area contributed by atoms with Crippen LogP contribution in [-0.2, 0) is 28.2 Å². The van der Waals surface area contributed by atoms with Gasteiger partial charge in [0.1, 0.15) is 12.2 Å². The Hall–Kier alpha value is -1.09. The quantitative estimate of drug-likeness (QED) is 0.527. The van der Waals surface area contributed by atoms with Gasteiger partial charge in [0.15, 0.2) is 20.9 Å². The number of ether oxygens (including phenoxy) is 4. The first kappa shape index (κ1) is 22.1. The Kier molecular flexibility index (Phi) is 6.23. The van der Waals surface area contributed by atoms with Gasteiger partial charge >= 0.3 is 0 Å². The molecular weight excluding hydrogens is 400 g/mol. The normalized spacial score (nSPS) is 37.2. The second kappa shape index (κ2) is 8.45. The molecule has 7 atom stereocenters. The lowest BCUT2D eigenvalue weighted by Crippen LogP contribution is -2.60. The lowest BCUT2D eigenvalue weighted by atomic mass is 9.90. The number of carbonyl (C=O) groups is 1. The Balaban J connectivity index is 1.43. The van der Waals surface area contributed by atoms with E-state index in [1.165, 1.54) is 0 Å². The first-order valence-electron chi connectivity index (χ1n) is 10.9. The fourth-order valence-corrected chi connectivity index (χ4v) is 5.52. The number of benzene rings is 1. The molecule has 7 heteroatoms. The first-order valence-corrected chi connectivity index (χ1v) is 13.8. The third-order valence-corrected chi connectivity index (χ3v) is 11.5. The minimum Gasteiger partial charge on any atom is -0.411 e. The molecule has 166 valence electrons. The van der Waals surface area contributed by atoms with Crippen LogP contribution in [-0.4, -0.2) is 57.8 Å². The molecule has 3 aliphatic heterocycles. The molecule has 0 spiro atoms. The summed E-state index contributed by atoms with van der Waals surface area (Å²) in [6, 6.07) is 9.92. The molecule has 3 aliphatic rings. The van der Waals surface area contributed by atoms with Gasteiger partial charge in [-0.2, -0.15) is 0 Å². The van der Waals surface area contributed by atoms with Crippen molar-refractivity contribution >= 4 is 14.6 Å². The van der Waals surface area contributed by atoms with Crippen molar-refractivity contribution in [3.8, 4) is 0 Å². The van der Waals surface area contributed by atoms with E-state index in [4.69, 9.17) is 23.4 Å². The second-order valence-corrected chi connectivity index (χ2v) is 14.9. The lowest BCUT2D eigenvalue weighted by molar-refractivity contribution is -0.318. The highest BCUT2D eigenvalue weighted by atomic mass is 28.4. The zero-order valence-electron chi connectivity index (χ0n) is 18.6. The molecule has 0 aromatic heterocycles. The van der Waals surface area contributed by atoms with Gasteiger partial charge in [-0.1, -0.05) is 51.1 Å². The summed E-state index contributed by atoms with van der Waals surface area (Å²) >= 11 is 0. The molecule has 3 heterocycles. The molecule has 30 heavy (non-hydrogen) atoms. The van der Waals surface area contributed by atoms with Crippen LogP contribution >= 0.6 is 0 Å². The van der Waals surface area contributed by atoms with Crippen LogP contribution in [0.1, 0.15) is 45.5 Å². The number of carbonyl (C=O) groups excluding carboxylic acids is 1. The Morgan fingerprint density at radius 1 is 0.967 bits per heavy atom. The molecule has 0 aliphatic carbocycles. The summed E-state index contributed by atoms with van der Waals surface area (Å²) in [7, 11) is -2.03. The molecule has 3 saturated heterocycles. The van der Waals surface area contributed by atoms with Crippen molar-refractivity contribution < 1.29 is 28.2 Å². The molecule has 3 fully saturated rings. The second-order valence-electron chi connectivity index (χ2n) is 10.1. The highest BCUT2D eigenvalue weighted by Crippen LogP contribution is 2.42. The molecule has 1 aromatic rings. The van der Waals surface area contributed by atoms with Crippen LogP contribution in [0, 0.1) is 0 Å². The Labute approximate surface area is 180 Å². The van der Waals surface area contributed by atoms with Crippen molar-refractivity contribution in [2.24, 2.45) is 0 Å². The van der Waals surface area contributed by atoms with E-state index in [1.807, 2.05) is 30.3 Å². The lowest BCUT2D eigenvalue weighted by Gasteiger charge is -2.50. The smallest absolute Gasteiger partial charge is 0.192 e. The average molecular weight is 435 g/mol. The van der Waals surface area contributed by atoms with Gasteiger partial charge in [0.05, 0.1) is 31.0 Å². The van der Waals surface area contributed by atoms with Gasteiger partial charge in [-0.15, -0.1) is 0 Å². The van der Waals surface area contributed by atoms with Gasteiger partial charge in [-0.25, -0.2) is 0 Å². The van der Waals surface area contributed by atoms with Crippen molar-refractivity contribution in [1.82, 2.24) is 0 Å². The van der Waals surface area contributed by atoms with Crippen molar-refractivity contribution in [3.05, 3.63) is 35.9 Å². The summed E-state index contributed by atoms with van der Waals surface area (Å²) in [5.41, 5.74) is 0.997. The predicted molar refractivity (Wildman–Crippen MR) is 115 cm³/mol. The van der Waals surface area contributed by atoms with Gasteiger partial charge in [0, 0.05) is 18.4 Å². The van der Waals surface area contributed by atoms with Gasteiger partial charge in [-0.05, 0) is 18.1 Å². The SMILES string of the molecule is CC(C)(C)[Si](C)(C)O[C@@H]1C[C@@H]2O[C@@H]3CO[C@@H](c4ccccc4)O[C@H]3C[C@H]2O[C@H]1C=O. The highest BCUT2D eigenvalue weighted by molar-refractivity contribution is 6.74. The third kappa shape index (κ3) is 4.42. The van der Waals surface area contributed by atoms with E-state index in [-0.39, 0.29) is 35.6 Å². The van der Waals surface area contributed by atoms with Gasteiger partial charge in [0.2, 0.25) is 0 Å². The molecule has 4 rings (SSSR count). The third-order valence-electron chi connectivity index (χ3n) is 6.97. The predicted octanol–water partition coefficient (Wildman–Crippen LogP) is 4.00. The van der Waals surface area contributed by atoms with E-state index < -0.39 is 20.7 Å². The number of fused-ring (bicyclic) bond motifs is 2. The van der Waals surface area contributed by atoms with E-state index in [2.05, 4.69) is 33.9 Å². The number of hydrogen-bond donors (Lipinski definition) is 0. The maximum Gasteiger partial charge on any atom is 0.192 e. The zero-order valence-corrected chi connectivity index (χ0v) is 19.6. The van der Waals surface area contributed by atoms with Crippen LogP contribution in [0.2, 0.25) is 18.1 Å². The molecule has 0 saturated carbocycles. The van der Waals surface area contributed by atoms with Crippen molar-refractivity contribution in [2.45, 2.75) is 94.7 Å². The van der Waals surface area contributed by atoms with E-state index in [0.29, 0.717) is 19.4 Å². The fraction of sp³-hybridized carbons (Fsp3) is 0.696. The molecular formula is C23H34O6Si. The van der Waals surface area contributed by atoms with Crippen LogP contribution in [0.25, 0.3) is 0 Å². The largest absolute Gasteiger partial charge is 0.411 e. The summed E-state index contributed by atoms with van der Waals surface area (Å²) < 4.78 is 31.2. The molecule has 0 unspecified atom stereocenters. The van der Waals surface area contributed by atoms with Crippen LogP contribution < -0.4 is 0 Å². The minimum atomic E-state index is -2.03. The Bertz CT molecular complexity index is 733. The van der Waals surface area contributed by atoms with E-state index in [1.54, 1.807) is 0 Å². The van der Waals surface area contributed by atoms with Crippen molar-refractivity contribution in [3.63, 3.8) is 0 Å². The molecule has 0 N–H and O–H groups in total. The zero-order chi connectivity index (χ0) is 21.5. The summed E-state index contributed by atoms with van der Waals surface area (Å²) in [4.78, 5) is 11.8. The van der Waals surface area contributed by atoms with Gasteiger partial charge < -0.3 is 28.2 Å². The van der Waals surface area contributed by atoms with Gasteiger partial charge in [-0.3, -0.25) is 0 Å². The summed E-state index contributed by atoms with van der Waals surface area (Å²) in [5, 5.41) is 0.0628. The van der Waals surface area contributed by atoms with Crippen LogP contribution in [0.4, 0.5) is 0 Å². The Morgan fingerprint density at radius 3 is 2.30 bits per heavy atom. The number of rotatable bonds is 4. The average Bonchev–Trinajstić information content (AvgIpc) is 2.71. The molecule has 0 radical (unpaired) electrons. The van der Waals surface area contributed by atoms with Crippen molar-refractivity contribution in [2.75, 3.05) is 6.61 Å². The van der Waals surface area contributed by atoms with Gasteiger partial charge in [0.25, 0.3) is 0 Å². The summed E-state index contributed by atoms with van der Waals surface area (Å²) in [6.45, 7) is 11.5. The van der Waals surface area contributed by atoms with E-state index >= 15 is 0 Å². The standard InChI is InChI=1S/C23H34O6Si/c1-23(2,3)30(4,5)29-19-12-17-16(26-20(19)13-24)11-18-21(27-17)14-25-22(28-18)15-9-7-6-8-10-15/h6-10,13,16-22H,11-12,14H2,1-5H3/t16-,17+,18+,19-,20+,21-,22-/m1/s1. The molecule has 1 aromatic carbocycles. The molecule has 6 nitrogen and oxygen atoms in total. The summed E-state index contributed by atoms with van der Waals surface area (Å²) in [6.07, 6.45) is 0.476.